The standard InChI is InChI=1S/C19H23ClN8/c1-13-11-17(26-25-13)22-16-12-18(28-9-7-27(2)8-10-28)24-19(23-16)21-15-5-3-14(20)4-6-15/h3-6,11-12H,7-10H2,1-2H3,(H3,21,22,23,24,25,26). The number of aromatic amines is 1. The Morgan fingerprint density at radius 2 is 1.71 bits per heavy atom. The van der Waals surface area contributed by atoms with Crippen molar-refractivity contribution in [3.05, 3.63) is 47.1 Å². The van der Waals surface area contributed by atoms with E-state index in [1.165, 1.54) is 0 Å². The van der Waals surface area contributed by atoms with E-state index in [4.69, 9.17) is 16.6 Å². The molecule has 3 N–H and O–H groups in total. The summed E-state index contributed by atoms with van der Waals surface area (Å²) in [6, 6.07) is 11.4. The zero-order valence-corrected chi connectivity index (χ0v) is 16.7. The Morgan fingerprint density at radius 3 is 2.39 bits per heavy atom. The van der Waals surface area contributed by atoms with Crippen LogP contribution in [0.15, 0.2) is 36.4 Å². The van der Waals surface area contributed by atoms with Gasteiger partial charge in [-0.25, -0.2) is 0 Å². The van der Waals surface area contributed by atoms with Gasteiger partial charge in [0.05, 0.1) is 0 Å². The van der Waals surface area contributed by atoms with Gasteiger partial charge >= 0.3 is 0 Å². The zero-order chi connectivity index (χ0) is 19.5. The number of anilines is 5. The van der Waals surface area contributed by atoms with E-state index in [2.05, 4.69) is 42.7 Å². The summed E-state index contributed by atoms with van der Waals surface area (Å²) < 4.78 is 0. The number of piperazine rings is 1. The van der Waals surface area contributed by atoms with Crippen LogP contribution < -0.4 is 15.5 Å². The first-order valence-corrected chi connectivity index (χ1v) is 9.57. The summed E-state index contributed by atoms with van der Waals surface area (Å²) in [5, 5.41) is 14.4. The van der Waals surface area contributed by atoms with Crippen LogP contribution >= 0.6 is 11.6 Å². The highest BCUT2D eigenvalue weighted by molar-refractivity contribution is 6.30. The van der Waals surface area contributed by atoms with Crippen LogP contribution in [0.25, 0.3) is 0 Å². The molecule has 28 heavy (non-hydrogen) atoms. The van der Waals surface area contributed by atoms with Crippen molar-refractivity contribution in [1.82, 2.24) is 25.1 Å². The number of likely N-dealkylation sites (N-methyl/N-ethyl adjacent to an activating group) is 1. The van der Waals surface area contributed by atoms with E-state index >= 15 is 0 Å². The second kappa shape index (κ2) is 8.04. The van der Waals surface area contributed by atoms with Crippen molar-refractivity contribution in [3.63, 3.8) is 0 Å². The predicted molar refractivity (Wildman–Crippen MR) is 113 cm³/mol. The van der Waals surface area contributed by atoms with Crippen molar-refractivity contribution < 1.29 is 0 Å². The highest BCUT2D eigenvalue weighted by Crippen LogP contribution is 2.24. The predicted octanol–water partition coefficient (Wildman–Crippen LogP) is 3.40. The minimum Gasteiger partial charge on any atom is -0.354 e. The van der Waals surface area contributed by atoms with Crippen LogP contribution in [0.5, 0.6) is 0 Å². The molecule has 1 aromatic carbocycles. The maximum atomic E-state index is 5.98. The quantitative estimate of drug-likeness (QED) is 0.607. The Balaban J connectivity index is 1.62. The van der Waals surface area contributed by atoms with Gasteiger partial charge in [0.2, 0.25) is 5.95 Å². The average molecular weight is 399 g/mol. The lowest BCUT2D eigenvalue weighted by Gasteiger charge is -2.33. The van der Waals surface area contributed by atoms with Crippen LogP contribution in [-0.4, -0.2) is 58.3 Å². The van der Waals surface area contributed by atoms with Crippen LogP contribution in [0.4, 0.5) is 29.1 Å². The van der Waals surface area contributed by atoms with Gasteiger partial charge in [0.15, 0.2) is 5.82 Å². The molecule has 0 radical (unpaired) electrons. The van der Waals surface area contributed by atoms with Crippen molar-refractivity contribution >= 4 is 40.7 Å². The fourth-order valence-electron chi connectivity index (χ4n) is 3.03. The first-order chi connectivity index (χ1) is 13.5. The SMILES string of the molecule is Cc1cc(Nc2cc(N3CCN(C)CC3)nc(Nc3ccc(Cl)cc3)n2)n[nH]1. The third-order valence-electron chi connectivity index (χ3n) is 4.60. The molecule has 9 heteroatoms. The second-order valence-electron chi connectivity index (χ2n) is 6.92. The summed E-state index contributed by atoms with van der Waals surface area (Å²) in [7, 11) is 2.14. The Bertz CT molecular complexity index is 931. The van der Waals surface area contributed by atoms with Crippen LogP contribution in [0.2, 0.25) is 5.02 Å². The van der Waals surface area contributed by atoms with Gasteiger partial charge in [-0.3, -0.25) is 5.10 Å². The molecule has 0 bridgehead atoms. The summed E-state index contributed by atoms with van der Waals surface area (Å²) in [5.41, 5.74) is 1.86. The van der Waals surface area contributed by atoms with E-state index in [1.54, 1.807) is 0 Å². The van der Waals surface area contributed by atoms with Gasteiger partial charge in [-0.15, -0.1) is 0 Å². The topological polar surface area (TPSA) is 85.0 Å². The largest absolute Gasteiger partial charge is 0.354 e. The third-order valence-corrected chi connectivity index (χ3v) is 4.85. The number of nitrogens with one attached hydrogen (secondary N) is 3. The van der Waals surface area contributed by atoms with Gasteiger partial charge in [0, 0.05) is 54.7 Å². The van der Waals surface area contributed by atoms with E-state index in [0.29, 0.717) is 16.8 Å². The van der Waals surface area contributed by atoms with E-state index in [1.807, 2.05) is 43.3 Å². The third kappa shape index (κ3) is 4.52. The molecule has 1 fully saturated rings. The molecule has 4 rings (SSSR count). The lowest BCUT2D eigenvalue weighted by molar-refractivity contribution is 0.312. The van der Waals surface area contributed by atoms with Crippen LogP contribution in [-0.2, 0) is 0 Å². The second-order valence-corrected chi connectivity index (χ2v) is 7.35. The molecule has 3 heterocycles. The van der Waals surface area contributed by atoms with Crippen LogP contribution in [0, 0.1) is 6.92 Å². The molecule has 146 valence electrons. The summed E-state index contributed by atoms with van der Waals surface area (Å²) in [4.78, 5) is 13.9. The number of aryl methyl sites for hydroxylation is 1. The van der Waals surface area contributed by atoms with Crippen molar-refractivity contribution in [2.45, 2.75) is 6.92 Å². The van der Waals surface area contributed by atoms with E-state index in [9.17, 15) is 0 Å². The van der Waals surface area contributed by atoms with Crippen molar-refractivity contribution in [3.8, 4) is 0 Å². The molecule has 0 spiro atoms. The molecule has 0 unspecified atom stereocenters. The first-order valence-electron chi connectivity index (χ1n) is 9.19. The lowest BCUT2D eigenvalue weighted by Crippen LogP contribution is -2.44. The lowest BCUT2D eigenvalue weighted by atomic mass is 10.3. The minimum atomic E-state index is 0.522. The number of H-pyrrole nitrogens is 1. The molecular weight excluding hydrogens is 376 g/mol. The molecule has 2 aromatic heterocycles. The van der Waals surface area contributed by atoms with Crippen LogP contribution in [0.3, 0.4) is 0 Å². The van der Waals surface area contributed by atoms with Gasteiger partial charge in [-0.1, -0.05) is 11.6 Å². The maximum absolute atomic E-state index is 5.98. The minimum absolute atomic E-state index is 0.522. The molecule has 3 aromatic rings. The Labute approximate surface area is 168 Å². The number of hydrogen-bond acceptors (Lipinski definition) is 7. The van der Waals surface area contributed by atoms with Crippen molar-refractivity contribution in [1.29, 1.82) is 0 Å². The van der Waals surface area contributed by atoms with Gasteiger partial charge in [0.25, 0.3) is 0 Å². The fourth-order valence-corrected chi connectivity index (χ4v) is 3.15. The van der Waals surface area contributed by atoms with Gasteiger partial charge in [0.1, 0.15) is 11.6 Å². The molecule has 0 saturated carbocycles. The normalized spacial score (nSPS) is 14.9. The van der Waals surface area contributed by atoms with Gasteiger partial charge in [-0.2, -0.15) is 15.1 Å². The van der Waals surface area contributed by atoms with Gasteiger partial charge in [-0.05, 0) is 38.2 Å². The number of aromatic nitrogens is 4. The highest BCUT2D eigenvalue weighted by Gasteiger charge is 2.17. The van der Waals surface area contributed by atoms with E-state index in [-0.39, 0.29) is 0 Å². The number of rotatable bonds is 5. The van der Waals surface area contributed by atoms with E-state index in [0.717, 1.165) is 49.2 Å². The molecular formula is C19H23ClN8. The summed E-state index contributed by atoms with van der Waals surface area (Å²) in [6.45, 7) is 5.82. The molecule has 1 saturated heterocycles. The highest BCUT2D eigenvalue weighted by atomic mass is 35.5. The molecule has 0 aliphatic carbocycles. The fraction of sp³-hybridized carbons (Fsp3) is 0.316. The molecule has 0 atom stereocenters. The Morgan fingerprint density at radius 1 is 0.964 bits per heavy atom. The zero-order valence-electron chi connectivity index (χ0n) is 15.9. The number of hydrogen-bond donors (Lipinski definition) is 3. The maximum Gasteiger partial charge on any atom is 0.231 e. The number of benzene rings is 1. The number of nitrogens with zero attached hydrogens (tertiary/aromatic N) is 5. The molecule has 1 aliphatic rings. The average Bonchev–Trinajstić information content (AvgIpc) is 3.09. The number of halogens is 1. The van der Waals surface area contributed by atoms with E-state index < -0.39 is 0 Å². The summed E-state index contributed by atoms with van der Waals surface area (Å²) >= 11 is 5.98. The van der Waals surface area contributed by atoms with Crippen molar-refractivity contribution in [2.24, 2.45) is 0 Å². The Kier molecular flexibility index (Phi) is 5.31. The van der Waals surface area contributed by atoms with Crippen molar-refractivity contribution in [2.75, 3.05) is 48.8 Å². The van der Waals surface area contributed by atoms with Crippen LogP contribution in [0.1, 0.15) is 5.69 Å². The smallest absolute Gasteiger partial charge is 0.231 e. The molecule has 1 aliphatic heterocycles. The molecule has 0 amide bonds. The first kappa shape index (κ1) is 18.5. The monoisotopic (exact) mass is 398 g/mol. The molecule has 8 nitrogen and oxygen atoms in total. The van der Waals surface area contributed by atoms with Gasteiger partial charge < -0.3 is 20.4 Å². The Hall–Kier alpha value is -2.84. The summed E-state index contributed by atoms with van der Waals surface area (Å²) in [6.07, 6.45) is 0. The summed E-state index contributed by atoms with van der Waals surface area (Å²) in [5.74, 6) is 2.81.